The van der Waals surface area contributed by atoms with Gasteiger partial charge in [0.2, 0.25) is 0 Å². The normalized spacial score (nSPS) is 22.7. The van der Waals surface area contributed by atoms with Crippen LogP contribution >= 0.6 is 0 Å². The molecule has 2 saturated heterocycles. The molecule has 0 aliphatic carbocycles. The largest absolute Gasteiger partial charge is 0.475 e. The number of carbonyl (C=O) groups excluding carboxylic acids is 1. The number of aromatic nitrogens is 4. The Morgan fingerprint density at radius 2 is 1.86 bits per heavy atom. The third-order valence-corrected chi connectivity index (χ3v) is 7.84. The van der Waals surface area contributed by atoms with E-state index in [2.05, 4.69) is 19.4 Å². The first-order valence-corrected chi connectivity index (χ1v) is 13.1. The van der Waals surface area contributed by atoms with Gasteiger partial charge in [-0.25, -0.2) is 14.4 Å². The van der Waals surface area contributed by atoms with E-state index in [-0.39, 0.29) is 30.9 Å². The fourth-order valence-corrected chi connectivity index (χ4v) is 5.80. The number of piperidine rings is 2. The third-order valence-electron chi connectivity index (χ3n) is 7.84. The number of hydrogen-bond donors (Lipinski definition) is 1. The number of nitrogens with zero attached hydrogens (tertiary/aromatic N) is 6. The van der Waals surface area contributed by atoms with Crippen LogP contribution in [0.5, 0.6) is 0 Å². The average Bonchev–Trinajstić information content (AvgIpc) is 3.53. The summed E-state index contributed by atoms with van der Waals surface area (Å²) in [6, 6.07) is 9.70. The number of fused-ring (bicyclic) bond motifs is 1. The molecule has 3 aliphatic rings. The molecular weight excluding hydrogens is 473 g/mol. The first-order valence-electron chi connectivity index (χ1n) is 13.1. The Balaban J connectivity index is 1.11. The van der Waals surface area contributed by atoms with Gasteiger partial charge in [-0.3, -0.25) is 14.7 Å². The Hall–Kier alpha value is -3.53. The fourth-order valence-electron chi connectivity index (χ4n) is 5.80. The number of hydrogen-bond acceptors (Lipinski definition) is 7. The van der Waals surface area contributed by atoms with Crippen LogP contribution in [0.25, 0.3) is 22.7 Å². The summed E-state index contributed by atoms with van der Waals surface area (Å²) in [5.41, 5.74) is 6.31. The summed E-state index contributed by atoms with van der Waals surface area (Å²) >= 11 is 0. The summed E-state index contributed by atoms with van der Waals surface area (Å²) < 4.78 is 23.6. The number of likely N-dealkylation sites (tertiary alicyclic amines) is 2. The molecule has 1 unspecified atom stereocenters. The number of amides is 1. The van der Waals surface area contributed by atoms with Crippen molar-refractivity contribution >= 4 is 17.1 Å². The molecule has 37 heavy (non-hydrogen) atoms. The summed E-state index contributed by atoms with van der Waals surface area (Å²) in [6.07, 6.45) is 8.04. The molecule has 9 nitrogen and oxygen atoms in total. The predicted octanol–water partition coefficient (Wildman–Crippen LogP) is 3.05. The molecule has 0 radical (unpaired) electrons. The van der Waals surface area contributed by atoms with Gasteiger partial charge < -0.3 is 19.9 Å². The van der Waals surface area contributed by atoms with E-state index in [4.69, 9.17) is 15.5 Å². The molecule has 0 aromatic carbocycles. The van der Waals surface area contributed by atoms with Crippen LogP contribution in [0.15, 0.2) is 54.7 Å². The van der Waals surface area contributed by atoms with Crippen LogP contribution in [0.4, 0.5) is 4.39 Å². The molecule has 3 aromatic heterocycles. The van der Waals surface area contributed by atoms with Crippen LogP contribution in [0, 0.1) is 0 Å². The maximum atomic E-state index is 15.9. The van der Waals surface area contributed by atoms with Crippen molar-refractivity contribution in [1.29, 1.82) is 0 Å². The summed E-state index contributed by atoms with van der Waals surface area (Å²) in [7, 11) is 0. The molecular formula is C27H32FN7O2. The molecule has 3 aliphatic heterocycles. The number of halogens is 1. The van der Waals surface area contributed by atoms with E-state index in [0.717, 1.165) is 29.1 Å². The van der Waals surface area contributed by atoms with Crippen molar-refractivity contribution in [2.24, 2.45) is 5.73 Å². The molecule has 10 heteroatoms. The van der Waals surface area contributed by atoms with Gasteiger partial charge in [0.05, 0.1) is 0 Å². The van der Waals surface area contributed by atoms with Crippen molar-refractivity contribution in [3.8, 4) is 11.5 Å². The molecule has 2 fully saturated rings. The molecule has 0 bridgehead atoms. The van der Waals surface area contributed by atoms with Crippen molar-refractivity contribution < 1.29 is 13.9 Å². The van der Waals surface area contributed by atoms with Gasteiger partial charge in [-0.1, -0.05) is 6.07 Å². The smallest absolute Gasteiger partial charge is 0.260 e. The highest BCUT2D eigenvalue weighted by Gasteiger charge is 2.45. The zero-order valence-electron chi connectivity index (χ0n) is 20.8. The Kier molecular flexibility index (Phi) is 6.27. The van der Waals surface area contributed by atoms with Crippen LogP contribution in [0.1, 0.15) is 38.1 Å². The lowest BCUT2D eigenvalue weighted by Gasteiger charge is -2.41. The topological polar surface area (TPSA) is 102 Å². The maximum absolute atomic E-state index is 15.9. The van der Waals surface area contributed by atoms with Gasteiger partial charge >= 0.3 is 0 Å². The van der Waals surface area contributed by atoms with Crippen LogP contribution in [0.2, 0.25) is 0 Å². The number of pyridine rings is 2. The lowest BCUT2D eigenvalue weighted by molar-refractivity contribution is -0.149. The second kappa shape index (κ2) is 9.74. The van der Waals surface area contributed by atoms with Gasteiger partial charge in [0, 0.05) is 70.4 Å². The second-order valence-electron chi connectivity index (χ2n) is 10.2. The van der Waals surface area contributed by atoms with Crippen molar-refractivity contribution in [2.45, 2.75) is 49.9 Å². The Morgan fingerprint density at radius 3 is 2.57 bits per heavy atom. The monoisotopic (exact) mass is 505 g/mol. The summed E-state index contributed by atoms with van der Waals surface area (Å²) in [5, 5.41) is 0. The number of alkyl halides is 1. The first kappa shape index (κ1) is 23.8. The zero-order chi connectivity index (χ0) is 25.4. The van der Waals surface area contributed by atoms with Gasteiger partial charge in [0.25, 0.3) is 5.91 Å². The number of carbonyl (C=O) groups is 1. The maximum Gasteiger partial charge on any atom is 0.260 e. The van der Waals surface area contributed by atoms with Gasteiger partial charge in [-0.05, 0) is 43.2 Å². The minimum absolute atomic E-state index is 0.0200. The molecule has 6 rings (SSSR count). The molecule has 2 N–H and O–H groups in total. The zero-order valence-corrected chi connectivity index (χ0v) is 20.8. The number of ether oxygens (including phenoxy) is 1. The standard InChI is InChI=1S/C27H32FN7O2/c28-27(10-16-33(17-11-27)18-20-6-7-23(29)37-20)26(36)34-14-8-19(9-15-34)35-24-22(5-3-13-31-24)32-25(35)21-4-1-2-12-30-21/h1-5,7,12-13,19-20H,6,8-11,14-18,29H2. The number of nitrogens with two attached hydrogens (primary N) is 1. The van der Waals surface area contributed by atoms with Gasteiger partial charge in [0.15, 0.2) is 23.0 Å². The van der Waals surface area contributed by atoms with E-state index < -0.39 is 5.67 Å². The van der Waals surface area contributed by atoms with Crippen molar-refractivity contribution in [3.63, 3.8) is 0 Å². The van der Waals surface area contributed by atoms with Crippen LogP contribution in [-0.2, 0) is 9.53 Å². The Bertz CT molecular complexity index is 1290. The summed E-state index contributed by atoms with van der Waals surface area (Å²) in [4.78, 5) is 31.1. The third kappa shape index (κ3) is 4.66. The van der Waals surface area contributed by atoms with Crippen molar-refractivity contribution in [2.75, 3.05) is 32.7 Å². The van der Waals surface area contributed by atoms with Gasteiger partial charge in [0.1, 0.15) is 17.3 Å². The van der Waals surface area contributed by atoms with E-state index >= 15 is 4.39 Å². The highest BCUT2D eigenvalue weighted by atomic mass is 19.1. The fraction of sp³-hybridized carbons (Fsp3) is 0.481. The Morgan fingerprint density at radius 1 is 1.08 bits per heavy atom. The molecule has 0 saturated carbocycles. The first-order chi connectivity index (χ1) is 18.0. The Labute approximate surface area is 215 Å². The highest BCUT2D eigenvalue weighted by Crippen LogP contribution is 2.35. The highest BCUT2D eigenvalue weighted by molar-refractivity contribution is 5.85. The van der Waals surface area contributed by atoms with E-state index in [1.807, 2.05) is 36.4 Å². The van der Waals surface area contributed by atoms with Crippen LogP contribution < -0.4 is 5.73 Å². The van der Waals surface area contributed by atoms with Crippen molar-refractivity contribution in [1.82, 2.24) is 29.3 Å². The van der Waals surface area contributed by atoms with Crippen LogP contribution in [0.3, 0.4) is 0 Å². The SMILES string of the molecule is NC1=CCC(CN2CCC(F)(C(=O)N3CCC(n4c(-c5ccccn5)nc5cccnc54)CC3)CC2)O1. The average molecular weight is 506 g/mol. The van der Waals surface area contributed by atoms with E-state index in [9.17, 15) is 4.79 Å². The summed E-state index contributed by atoms with van der Waals surface area (Å²) in [5.74, 6) is 0.871. The lowest BCUT2D eigenvalue weighted by Crippen LogP contribution is -2.54. The predicted molar refractivity (Wildman–Crippen MR) is 137 cm³/mol. The van der Waals surface area contributed by atoms with Crippen molar-refractivity contribution in [3.05, 3.63) is 54.7 Å². The summed E-state index contributed by atoms with van der Waals surface area (Å²) in [6.45, 7) is 2.80. The van der Waals surface area contributed by atoms with E-state index in [1.165, 1.54) is 0 Å². The van der Waals surface area contributed by atoms with E-state index in [1.54, 1.807) is 17.3 Å². The minimum Gasteiger partial charge on any atom is -0.475 e. The molecule has 1 atom stereocenters. The van der Waals surface area contributed by atoms with Crippen LogP contribution in [-0.4, -0.2) is 79.7 Å². The lowest BCUT2D eigenvalue weighted by atomic mass is 9.90. The number of rotatable bonds is 5. The quantitative estimate of drug-likeness (QED) is 0.569. The molecule has 6 heterocycles. The minimum atomic E-state index is -1.81. The second-order valence-corrected chi connectivity index (χ2v) is 10.2. The van der Waals surface area contributed by atoms with Gasteiger partial charge in [-0.2, -0.15) is 0 Å². The molecule has 194 valence electrons. The molecule has 1 amide bonds. The number of imidazole rings is 1. The van der Waals surface area contributed by atoms with E-state index in [0.29, 0.717) is 51.4 Å². The molecule has 3 aromatic rings. The molecule has 0 spiro atoms. The van der Waals surface area contributed by atoms with Gasteiger partial charge in [-0.15, -0.1) is 0 Å².